The Kier molecular flexibility index (Phi) is 8.13. The number of nitrogens with one attached hydrogen (secondary N) is 2. The lowest BCUT2D eigenvalue weighted by Crippen LogP contribution is -2.41. The molecule has 0 radical (unpaired) electrons. The molecule has 0 bridgehead atoms. The molecule has 10 nitrogen and oxygen atoms in total. The maximum absolute atomic E-state index is 11.9. The molecule has 0 aliphatic heterocycles. The van der Waals surface area contributed by atoms with E-state index in [1.807, 2.05) is 13.8 Å². The normalized spacial score (nSPS) is 10.6. The van der Waals surface area contributed by atoms with Gasteiger partial charge in [0, 0.05) is 12.1 Å². The number of rotatable bonds is 9. The van der Waals surface area contributed by atoms with Crippen LogP contribution in [0.3, 0.4) is 0 Å². The molecule has 158 valence electrons. The lowest BCUT2D eigenvalue weighted by atomic mass is 10.2. The Morgan fingerprint density at radius 1 is 1.10 bits per heavy atom. The number of hydrogen-bond acceptors (Lipinski definition) is 9. The molecule has 0 atom stereocenters. The standard InChI is InChI=1S/C18H24N4O6S/c1-10(2)8-19-17(24)20-14(23)9-29-18-22-21-16(28-18)11-6-12(25-3)15(27-5)13(7-11)26-4/h6-7,10H,8-9H2,1-5H3,(H2,19,20,23,24). The van der Waals surface area contributed by atoms with E-state index in [4.69, 9.17) is 18.6 Å². The first-order valence-electron chi connectivity index (χ1n) is 8.72. The van der Waals surface area contributed by atoms with Crippen molar-refractivity contribution in [2.75, 3.05) is 33.6 Å². The fourth-order valence-corrected chi connectivity index (χ4v) is 2.78. The number of hydrogen-bond donors (Lipinski definition) is 2. The fourth-order valence-electron chi connectivity index (χ4n) is 2.22. The van der Waals surface area contributed by atoms with Crippen molar-refractivity contribution in [3.05, 3.63) is 12.1 Å². The van der Waals surface area contributed by atoms with Crippen molar-refractivity contribution in [2.24, 2.45) is 5.92 Å². The number of carbonyl (C=O) groups excluding carboxylic acids is 2. The summed E-state index contributed by atoms with van der Waals surface area (Å²) in [4.78, 5) is 23.4. The number of thioether (sulfide) groups is 1. The quantitative estimate of drug-likeness (QED) is 0.583. The van der Waals surface area contributed by atoms with E-state index in [0.29, 0.717) is 29.4 Å². The van der Waals surface area contributed by atoms with Gasteiger partial charge in [0.2, 0.25) is 17.5 Å². The molecule has 2 N–H and O–H groups in total. The molecule has 0 spiro atoms. The molecule has 2 aromatic rings. The minimum Gasteiger partial charge on any atom is -0.493 e. The van der Waals surface area contributed by atoms with Crippen molar-refractivity contribution in [3.63, 3.8) is 0 Å². The van der Waals surface area contributed by atoms with Crippen LogP contribution >= 0.6 is 11.8 Å². The first kappa shape index (κ1) is 22.3. The van der Waals surface area contributed by atoms with Gasteiger partial charge in [-0.15, -0.1) is 10.2 Å². The van der Waals surface area contributed by atoms with Crippen molar-refractivity contribution in [2.45, 2.75) is 19.1 Å². The highest BCUT2D eigenvalue weighted by Gasteiger charge is 2.18. The predicted molar refractivity (Wildman–Crippen MR) is 106 cm³/mol. The van der Waals surface area contributed by atoms with Crippen molar-refractivity contribution in [1.82, 2.24) is 20.8 Å². The minimum absolute atomic E-state index is 0.0496. The Hall–Kier alpha value is -2.95. The van der Waals surface area contributed by atoms with Crippen LogP contribution in [0.25, 0.3) is 11.5 Å². The third kappa shape index (κ3) is 6.28. The summed E-state index contributed by atoms with van der Waals surface area (Å²) in [6.07, 6.45) is 0. The average Bonchev–Trinajstić information content (AvgIpc) is 3.18. The molecule has 1 aromatic carbocycles. The lowest BCUT2D eigenvalue weighted by molar-refractivity contribution is -0.117. The van der Waals surface area contributed by atoms with Crippen LogP contribution in [0.5, 0.6) is 17.2 Å². The predicted octanol–water partition coefficient (Wildman–Crippen LogP) is 2.34. The Morgan fingerprint density at radius 2 is 1.76 bits per heavy atom. The van der Waals surface area contributed by atoms with Gasteiger partial charge in [0.15, 0.2) is 11.5 Å². The number of amides is 3. The van der Waals surface area contributed by atoms with Crippen LogP contribution in [-0.4, -0.2) is 55.8 Å². The van der Waals surface area contributed by atoms with Crippen LogP contribution in [0.2, 0.25) is 0 Å². The fraction of sp³-hybridized carbons (Fsp3) is 0.444. The molecule has 0 saturated heterocycles. The van der Waals surface area contributed by atoms with E-state index in [9.17, 15) is 9.59 Å². The number of benzene rings is 1. The van der Waals surface area contributed by atoms with Crippen molar-refractivity contribution < 1.29 is 28.2 Å². The number of aromatic nitrogens is 2. The highest BCUT2D eigenvalue weighted by atomic mass is 32.2. The van der Waals surface area contributed by atoms with Gasteiger partial charge in [0.25, 0.3) is 5.22 Å². The minimum atomic E-state index is -0.534. The summed E-state index contributed by atoms with van der Waals surface area (Å²) in [6.45, 7) is 4.40. The maximum Gasteiger partial charge on any atom is 0.321 e. The van der Waals surface area contributed by atoms with Crippen LogP contribution in [-0.2, 0) is 4.79 Å². The summed E-state index contributed by atoms with van der Waals surface area (Å²) >= 11 is 1.02. The van der Waals surface area contributed by atoms with Crippen LogP contribution in [0, 0.1) is 5.92 Å². The highest BCUT2D eigenvalue weighted by molar-refractivity contribution is 7.99. The smallest absolute Gasteiger partial charge is 0.321 e. The Labute approximate surface area is 172 Å². The summed E-state index contributed by atoms with van der Waals surface area (Å²) in [5.41, 5.74) is 0.566. The van der Waals surface area contributed by atoms with Gasteiger partial charge in [-0.2, -0.15) is 0 Å². The number of carbonyl (C=O) groups is 2. The summed E-state index contributed by atoms with van der Waals surface area (Å²) in [5.74, 6) is 1.33. The van der Waals surface area contributed by atoms with Gasteiger partial charge in [-0.3, -0.25) is 10.1 Å². The van der Waals surface area contributed by atoms with E-state index in [1.54, 1.807) is 12.1 Å². The second-order valence-electron chi connectivity index (χ2n) is 6.23. The van der Waals surface area contributed by atoms with E-state index < -0.39 is 11.9 Å². The number of nitrogens with zero attached hydrogens (tertiary/aromatic N) is 2. The topological polar surface area (TPSA) is 125 Å². The van der Waals surface area contributed by atoms with E-state index in [-0.39, 0.29) is 22.8 Å². The number of imide groups is 1. The average molecular weight is 424 g/mol. The maximum atomic E-state index is 11.9. The molecule has 0 saturated carbocycles. The third-order valence-electron chi connectivity index (χ3n) is 3.57. The molecule has 29 heavy (non-hydrogen) atoms. The number of urea groups is 1. The molecule has 3 amide bonds. The second-order valence-corrected chi connectivity index (χ2v) is 7.15. The van der Waals surface area contributed by atoms with E-state index in [0.717, 1.165) is 11.8 Å². The zero-order valence-electron chi connectivity index (χ0n) is 16.9. The Balaban J connectivity index is 2.01. The molecule has 0 aliphatic rings. The SMILES string of the molecule is COc1cc(-c2nnc(SCC(=O)NC(=O)NCC(C)C)o2)cc(OC)c1OC. The molecule has 0 unspecified atom stereocenters. The second kappa shape index (κ2) is 10.6. The molecular formula is C18H24N4O6S. The summed E-state index contributed by atoms with van der Waals surface area (Å²) < 4.78 is 21.5. The van der Waals surface area contributed by atoms with Gasteiger partial charge in [-0.1, -0.05) is 25.6 Å². The van der Waals surface area contributed by atoms with Crippen LogP contribution in [0.4, 0.5) is 4.79 Å². The van der Waals surface area contributed by atoms with Crippen molar-refractivity contribution in [1.29, 1.82) is 0 Å². The molecular weight excluding hydrogens is 400 g/mol. The van der Waals surface area contributed by atoms with E-state index in [1.165, 1.54) is 21.3 Å². The first-order chi connectivity index (χ1) is 13.9. The van der Waals surface area contributed by atoms with Crippen LogP contribution < -0.4 is 24.8 Å². The van der Waals surface area contributed by atoms with E-state index >= 15 is 0 Å². The zero-order chi connectivity index (χ0) is 21.4. The van der Waals surface area contributed by atoms with Crippen molar-refractivity contribution in [3.8, 4) is 28.7 Å². The Bertz CT molecular complexity index is 830. The molecule has 1 aromatic heterocycles. The summed E-state index contributed by atoms with van der Waals surface area (Å²) in [7, 11) is 4.52. The van der Waals surface area contributed by atoms with Crippen molar-refractivity contribution >= 4 is 23.7 Å². The highest BCUT2D eigenvalue weighted by Crippen LogP contribution is 2.41. The first-order valence-corrected chi connectivity index (χ1v) is 9.70. The van der Waals surface area contributed by atoms with Gasteiger partial charge in [0.05, 0.1) is 27.1 Å². The number of methoxy groups -OCH3 is 3. The monoisotopic (exact) mass is 424 g/mol. The molecule has 0 aliphatic carbocycles. The van der Waals surface area contributed by atoms with Gasteiger partial charge in [0.1, 0.15) is 0 Å². The van der Waals surface area contributed by atoms with Crippen LogP contribution in [0.1, 0.15) is 13.8 Å². The molecule has 11 heteroatoms. The zero-order valence-corrected chi connectivity index (χ0v) is 17.7. The lowest BCUT2D eigenvalue weighted by Gasteiger charge is -2.12. The van der Waals surface area contributed by atoms with Gasteiger partial charge in [-0.25, -0.2) is 4.79 Å². The number of ether oxygens (including phenoxy) is 3. The third-order valence-corrected chi connectivity index (χ3v) is 4.39. The van der Waals surface area contributed by atoms with Gasteiger partial charge >= 0.3 is 6.03 Å². The molecule has 2 rings (SSSR count). The molecule has 0 fully saturated rings. The van der Waals surface area contributed by atoms with Gasteiger partial charge in [-0.05, 0) is 18.1 Å². The Morgan fingerprint density at radius 3 is 2.31 bits per heavy atom. The largest absolute Gasteiger partial charge is 0.493 e. The summed E-state index contributed by atoms with van der Waals surface area (Å²) in [5, 5.41) is 12.9. The van der Waals surface area contributed by atoms with Crippen LogP contribution in [0.15, 0.2) is 21.8 Å². The molecule has 1 heterocycles. The van der Waals surface area contributed by atoms with E-state index in [2.05, 4.69) is 20.8 Å². The summed E-state index contributed by atoms with van der Waals surface area (Å²) in [6, 6.07) is 2.82. The van der Waals surface area contributed by atoms with Gasteiger partial charge < -0.3 is 23.9 Å².